The molecule has 2 N–H and O–H groups in total. The number of nitrogens with zero attached hydrogens (tertiary/aromatic N) is 4. The van der Waals surface area contributed by atoms with Gasteiger partial charge >= 0.3 is 0 Å². The van der Waals surface area contributed by atoms with Gasteiger partial charge in [-0.05, 0) is 38.6 Å². The summed E-state index contributed by atoms with van der Waals surface area (Å²) in [4.78, 5) is 6.29. The first-order valence-electron chi connectivity index (χ1n) is 6.95. The van der Waals surface area contributed by atoms with Crippen LogP contribution in [0.15, 0.2) is 36.9 Å². The van der Waals surface area contributed by atoms with Gasteiger partial charge in [-0.1, -0.05) is 0 Å². The smallest absolute Gasteiger partial charge is 0.0538 e. The lowest BCUT2D eigenvalue weighted by molar-refractivity contribution is 0.241. The summed E-state index contributed by atoms with van der Waals surface area (Å²) >= 11 is 0. The summed E-state index contributed by atoms with van der Waals surface area (Å²) in [6.07, 6.45) is 7.64. The van der Waals surface area contributed by atoms with Crippen molar-refractivity contribution in [1.82, 2.24) is 19.7 Å². The molecule has 20 heavy (non-hydrogen) atoms. The molecular weight excluding hydrogens is 250 g/mol. The number of nitrogens with two attached hydrogens (primary N) is 1. The quantitative estimate of drug-likeness (QED) is 0.874. The molecule has 0 aliphatic heterocycles. The van der Waals surface area contributed by atoms with Crippen LogP contribution in [0.2, 0.25) is 0 Å². The molecule has 0 bridgehead atoms. The highest BCUT2D eigenvalue weighted by molar-refractivity contribution is 5.14. The Kier molecular flexibility index (Phi) is 4.87. The van der Waals surface area contributed by atoms with Crippen LogP contribution >= 0.6 is 0 Å². The SMILES string of the molecule is CC(C)n1cc(C(CN)N(C)Cc2ccncc2)cn1. The van der Waals surface area contributed by atoms with Gasteiger partial charge in [0.1, 0.15) is 0 Å². The Morgan fingerprint density at radius 3 is 2.55 bits per heavy atom. The van der Waals surface area contributed by atoms with Crippen LogP contribution in [0, 0.1) is 0 Å². The molecule has 108 valence electrons. The summed E-state index contributed by atoms with van der Waals surface area (Å²) in [7, 11) is 2.09. The van der Waals surface area contributed by atoms with E-state index in [1.807, 2.05) is 35.4 Å². The summed E-state index contributed by atoms with van der Waals surface area (Å²) in [5, 5.41) is 4.40. The molecule has 5 nitrogen and oxygen atoms in total. The lowest BCUT2D eigenvalue weighted by atomic mass is 10.1. The summed E-state index contributed by atoms with van der Waals surface area (Å²) in [5.74, 6) is 0. The highest BCUT2D eigenvalue weighted by Crippen LogP contribution is 2.20. The first-order valence-corrected chi connectivity index (χ1v) is 6.95. The Morgan fingerprint density at radius 2 is 2.00 bits per heavy atom. The van der Waals surface area contributed by atoms with Gasteiger partial charge in [-0.15, -0.1) is 0 Å². The number of likely N-dealkylation sites (N-methyl/N-ethyl adjacent to an activating group) is 1. The molecule has 0 saturated carbocycles. The highest BCUT2D eigenvalue weighted by atomic mass is 15.3. The third-order valence-corrected chi connectivity index (χ3v) is 3.47. The van der Waals surface area contributed by atoms with E-state index in [0.29, 0.717) is 12.6 Å². The second-order valence-electron chi connectivity index (χ2n) is 5.37. The number of rotatable bonds is 6. The minimum atomic E-state index is 0.177. The minimum Gasteiger partial charge on any atom is -0.329 e. The molecule has 5 heteroatoms. The first-order chi connectivity index (χ1) is 9.61. The summed E-state index contributed by atoms with van der Waals surface area (Å²) in [6, 6.07) is 4.60. The van der Waals surface area contributed by atoms with Crippen LogP contribution in [0.5, 0.6) is 0 Å². The average Bonchev–Trinajstić information content (AvgIpc) is 2.90. The molecule has 2 aromatic rings. The van der Waals surface area contributed by atoms with Crippen LogP contribution in [-0.2, 0) is 6.54 Å². The van der Waals surface area contributed by atoms with Crippen molar-refractivity contribution < 1.29 is 0 Å². The monoisotopic (exact) mass is 273 g/mol. The number of hydrogen-bond donors (Lipinski definition) is 1. The minimum absolute atomic E-state index is 0.177. The lowest BCUT2D eigenvalue weighted by Gasteiger charge is -2.26. The van der Waals surface area contributed by atoms with Gasteiger partial charge in [-0.25, -0.2) is 0 Å². The highest BCUT2D eigenvalue weighted by Gasteiger charge is 2.18. The molecule has 0 saturated heterocycles. The van der Waals surface area contributed by atoms with Crippen LogP contribution in [0.4, 0.5) is 0 Å². The van der Waals surface area contributed by atoms with Gasteiger partial charge in [0.15, 0.2) is 0 Å². The van der Waals surface area contributed by atoms with Crippen LogP contribution in [0.3, 0.4) is 0 Å². The van der Waals surface area contributed by atoms with Crippen molar-refractivity contribution in [3.63, 3.8) is 0 Å². The van der Waals surface area contributed by atoms with Crippen molar-refractivity contribution in [3.05, 3.63) is 48.0 Å². The van der Waals surface area contributed by atoms with Crippen LogP contribution < -0.4 is 5.73 Å². The van der Waals surface area contributed by atoms with E-state index in [2.05, 4.69) is 42.1 Å². The predicted octanol–water partition coefficient (Wildman–Crippen LogP) is 1.99. The van der Waals surface area contributed by atoms with Crippen LogP contribution in [0.1, 0.15) is 37.1 Å². The zero-order valence-electron chi connectivity index (χ0n) is 12.4. The van der Waals surface area contributed by atoms with E-state index < -0.39 is 0 Å². The average molecular weight is 273 g/mol. The molecule has 0 aliphatic carbocycles. The molecule has 2 rings (SSSR count). The summed E-state index contributed by atoms with van der Waals surface area (Å²) in [5.41, 5.74) is 8.35. The second kappa shape index (κ2) is 6.63. The molecule has 2 aromatic heterocycles. The van der Waals surface area contributed by atoms with Crippen LogP contribution in [0.25, 0.3) is 0 Å². The summed E-state index contributed by atoms with van der Waals surface area (Å²) < 4.78 is 1.97. The van der Waals surface area contributed by atoms with Gasteiger partial charge in [0, 0.05) is 43.3 Å². The number of aromatic nitrogens is 3. The Balaban J connectivity index is 2.10. The van der Waals surface area contributed by atoms with E-state index in [1.54, 1.807) is 0 Å². The first kappa shape index (κ1) is 14.7. The van der Waals surface area contributed by atoms with E-state index in [0.717, 1.165) is 12.1 Å². The predicted molar refractivity (Wildman–Crippen MR) is 80.1 cm³/mol. The molecule has 1 atom stereocenters. The lowest BCUT2D eigenvalue weighted by Crippen LogP contribution is -2.30. The van der Waals surface area contributed by atoms with E-state index in [1.165, 1.54) is 5.56 Å². The van der Waals surface area contributed by atoms with E-state index in [9.17, 15) is 0 Å². The second-order valence-corrected chi connectivity index (χ2v) is 5.37. The molecule has 0 radical (unpaired) electrons. The van der Waals surface area contributed by atoms with E-state index >= 15 is 0 Å². The van der Waals surface area contributed by atoms with Crippen molar-refractivity contribution in [3.8, 4) is 0 Å². The Morgan fingerprint density at radius 1 is 1.30 bits per heavy atom. The van der Waals surface area contributed by atoms with Gasteiger partial charge in [-0.2, -0.15) is 5.10 Å². The van der Waals surface area contributed by atoms with Crippen molar-refractivity contribution in [2.75, 3.05) is 13.6 Å². The molecule has 0 amide bonds. The normalized spacial score (nSPS) is 13.1. The number of pyridine rings is 1. The number of hydrogen-bond acceptors (Lipinski definition) is 4. The molecule has 0 fully saturated rings. The Labute approximate surface area is 120 Å². The van der Waals surface area contributed by atoms with Gasteiger partial charge in [0.2, 0.25) is 0 Å². The molecule has 1 unspecified atom stereocenters. The van der Waals surface area contributed by atoms with Crippen molar-refractivity contribution in [2.24, 2.45) is 5.73 Å². The van der Waals surface area contributed by atoms with Gasteiger partial charge in [0.25, 0.3) is 0 Å². The maximum Gasteiger partial charge on any atom is 0.0538 e. The molecule has 0 aliphatic rings. The molecule has 0 aromatic carbocycles. The van der Waals surface area contributed by atoms with E-state index in [-0.39, 0.29) is 6.04 Å². The zero-order valence-corrected chi connectivity index (χ0v) is 12.4. The fourth-order valence-electron chi connectivity index (χ4n) is 2.26. The van der Waals surface area contributed by atoms with E-state index in [4.69, 9.17) is 5.73 Å². The van der Waals surface area contributed by atoms with Gasteiger partial charge in [0.05, 0.1) is 12.2 Å². The van der Waals surface area contributed by atoms with Crippen molar-refractivity contribution in [1.29, 1.82) is 0 Å². The zero-order chi connectivity index (χ0) is 14.5. The molecular formula is C15H23N5. The Bertz CT molecular complexity index is 520. The van der Waals surface area contributed by atoms with Gasteiger partial charge < -0.3 is 5.73 Å². The third-order valence-electron chi connectivity index (χ3n) is 3.47. The van der Waals surface area contributed by atoms with Crippen molar-refractivity contribution in [2.45, 2.75) is 32.5 Å². The molecule has 0 spiro atoms. The maximum absolute atomic E-state index is 5.95. The van der Waals surface area contributed by atoms with Crippen LogP contribution in [-0.4, -0.2) is 33.3 Å². The van der Waals surface area contributed by atoms with Gasteiger partial charge in [-0.3, -0.25) is 14.6 Å². The standard InChI is InChI=1S/C15H23N5/c1-12(2)20-11-14(9-18-20)15(8-16)19(3)10-13-4-6-17-7-5-13/h4-7,9,11-12,15H,8,10,16H2,1-3H3. The largest absolute Gasteiger partial charge is 0.329 e. The maximum atomic E-state index is 5.95. The third kappa shape index (κ3) is 3.43. The fourth-order valence-corrected chi connectivity index (χ4v) is 2.26. The summed E-state index contributed by atoms with van der Waals surface area (Å²) in [6.45, 7) is 5.66. The fraction of sp³-hybridized carbons (Fsp3) is 0.467. The van der Waals surface area contributed by atoms with Crippen molar-refractivity contribution >= 4 is 0 Å². The molecule has 2 heterocycles. The Hall–Kier alpha value is -1.72. The topological polar surface area (TPSA) is 60.0 Å².